The number of amides is 2. The van der Waals surface area contributed by atoms with Crippen molar-refractivity contribution in [2.24, 2.45) is 0 Å². The van der Waals surface area contributed by atoms with Gasteiger partial charge in [0.25, 0.3) is 0 Å². The number of rotatable bonds is 5. The molecule has 2 rings (SSSR count). The standard InChI is InChI=1S/C18H26F3N3O2/c1-17(2,24-8-10-26-11-9-24)13-22-16(25)23(3)12-14-6-4-5-7-15(14)18(19,20)21/h4-7H,8-13H2,1-3H3,(H,22,25). The van der Waals surface area contributed by atoms with Crippen LogP contribution in [0.2, 0.25) is 0 Å². The highest BCUT2D eigenvalue weighted by Crippen LogP contribution is 2.32. The Labute approximate surface area is 152 Å². The minimum Gasteiger partial charge on any atom is -0.379 e. The molecule has 1 saturated heterocycles. The van der Waals surface area contributed by atoms with Crippen LogP contribution < -0.4 is 5.32 Å². The number of halogens is 3. The molecule has 1 heterocycles. The minimum absolute atomic E-state index is 0.0742. The van der Waals surface area contributed by atoms with E-state index in [9.17, 15) is 18.0 Å². The van der Waals surface area contributed by atoms with Crippen LogP contribution in [0.3, 0.4) is 0 Å². The number of alkyl halides is 3. The smallest absolute Gasteiger partial charge is 0.379 e. The van der Waals surface area contributed by atoms with Crippen LogP contribution in [-0.2, 0) is 17.5 Å². The van der Waals surface area contributed by atoms with Gasteiger partial charge in [-0.05, 0) is 25.5 Å². The van der Waals surface area contributed by atoms with Crippen LogP contribution in [0.4, 0.5) is 18.0 Å². The number of urea groups is 1. The first kappa shape index (κ1) is 20.5. The van der Waals surface area contributed by atoms with Crippen molar-refractivity contribution in [1.82, 2.24) is 15.1 Å². The van der Waals surface area contributed by atoms with E-state index in [0.29, 0.717) is 19.8 Å². The van der Waals surface area contributed by atoms with Gasteiger partial charge in [-0.3, -0.25) is 4.90 Å². The van der Waals surface area contributed by atoms with E-state index in [1.54, 1.807) is 0 Å². The quantitative estimate of drug-likeness (QED) is 0.863. The first-order valence-electron chi connectivity index (χ1n) is 8.58. The van der Waals surface area contributed by atoms with Gasteiger partial charge in [0.1, 0.15) is 0 Å². The molecule has 5 nitrogen and oxygen atoms in total. The third-order valence-corrected chi connectivity index (χ3v) is 4.62. The topological polar surface area (TPSA) is 44.8 Å². The maximum atomic E-state index is 13.1. The van der Waals surface area contributed by atoms with Crippen LogP contribution in [-0.4, -0.2) is 61.3 Å². The molecule has 0 bridgehead atoms. The Morgan fingerprint density at radius 1 is 1.23 bits per heavy atom. The highest BCUT2D eigenvalue weighted by Gasteiger charge is 2.33. The van der Waals surface area contributed by atoms with E-state index in [4.69, 9.17) is 4.74 Å². The summed E-state index contributed by atoms with van der Waals surface area (Å²) in [5, 5.41) is 2.82. The van der Waals surface area contributed by atoms with Gasteiger partial charge in [-0.25, -0.2) is 4.79 Å². The molecule has 0 spiro atoms. The summed E-state index contributed by atoms with van der Waals surface area (Å²) in [7, 11) is 1.49. The van der Waals surface area contributed by atoms with Crippen LogP contribution in [0.5, 0.6) is 0 Å². The Morgan fingerprint density at radius 2 is 1.85 bits per heavy atom. The first-order valence-corrected chi connectivity index (χ1v) is 8.58. The third-order valence-electron chi connectivity index (χ3n) is 4.62. The summed E-state index contributed by atoms with van der Waals surface area (Å²) in [6.45, 7) is 7.23. The molecule has 0 atom stereocenters. The summed E-state index contributed by atoms with van der Waals surface area (Å²) in [5.74, 6) is 0. The van der Waals surface area contributed by atoms with E-state index in [-0.39, 0.29) is 17.6 Å². The molecule has 8 heteroatoms. The highest BCUT2D eigenvalue weighted by atomic mass is 19.4. The van der Waals surface area contributed by atoms with E-state index in [0.717, 1.165) is 19.2 Å². The summed E-state index contributed by atoms with van der Waals surface area (Å²) in [6.07, 6.45) is -4.44. The number of nitrogens with zero attached hydrogens (tertiary/aromatic N) is 2. The number of nitrogens with one attached hydrogen (secondary N) is 1. The van der Waals surface area contributed by atoms with E-state index in [1.165, 1.54) is 30.1 Å². The molecule has 26 heavy (non-hydrogen) atoms. The van der Waals surface area contributed by atoms with Gasteiger partial charge in [0.15, 0.2) is 0 Å². The second kappa shape index (κ2) is 8.26. The first-order chi connectivity index (χ1) is 12.1. The van der Waals surface area contributed by atoms with Crippen molar-refractivity contribution in [2.75, 3.05) is 39.9 Å². The fourth-order valence-electron chi connectivity index (χ4n) is 2.97. The average molecular weight is 373 g/mol. The Kier molecular flexibility index (Phi) is 6.52. The van der Waals surface area contributed by atoms with Crippen molar-refractivity contribution in [3.8, 4) is 0 Å². The molecule has 2 amide bonds. The monoisotopic (exact) mass is 373 g/mol. The van der Waals surface area contributed by atoms with E-state index in [1.807, 2.05) is 13.8 Å². The molecule has 1 N–H and O–H groups in total. The molecule has 1 aromatic carbocycles. The summed E-state index contributed by atoms with van der Waals surface area (Å²) < 4.78 is 44.6. The number of carbonyl (C=O) groups is 1. The van der Waals surface area contributed by atoms with Gasteiger partial charge >= 0.3 is 12.2 Å². The number of ether oxygens (including phenoxy) is 1. The number of benzene rings is 1. The van der Waals surface area contributed by atoms with Crippen LogP contribution in [0.1, 0.15) is 25.0 Å². The molecule has 1 aromatic rings. The summed E-state index contributed by atoms with van der Waals surface area (Å²) >= 11 is 0. The molecule has 0 radical (unpaired) electrons. The lowest BCUT2D eigenvalue weighted by Gasteiger charge is -2.41. The molecule has 0 unspecified atom stereocenters. The van der Waals surface area contributed by atoms with Crippen molar-refractivity contribution in [3.05, 3.63) is 35.4 Å². The second-order valence-corrected chi connectivity index (χ2v) is 7.08. The zero-order valence-corrected chi connectivity index (χ0v) is 15.4. The van der Waals surface area contributed by atoms with Gasteiger partial charge in [0, 0.05) is 38.8 Å². The minimum atomic E-state index is -4.44. The number of hydrogen-bond acceptors (Lipinski definition) is 3. The van der Waals surface area contributed by atoms with Crippen LogP contribution in [0.15, 0.2) is 24.3 Å². The molecular formula is C18H26F3N3O2. The third kappa shape index (κ3) is 5.35. The normalized spacial score (nSPS) is 16.4. The van der Waals surface area contributed by atoms with Gasteiger partial charge in [0.2, 0.25) is 0 Å². The Hall–Kier alpha value is -1.80. The zero-order valence-electron chi connectivity index (χ0n) is 15.4. The van der Waals surface area contributed by atoms with Gasteiger partial charge < -0.3 is 15.0 Å². The fourth-order valence-corrected chi connectivity index (χ4v) is 2.97. The maximum absolute atomic E-state index is 13.1. The van der Waals surface area contributed by atoms with Gasteiger partial charge in [-0.1, -0.05) is 18.2 Å². The second-order valence-electron chi connectivity index (χ2n) is 7.08. The summed E-state index contributed by atoms with van der Waals surface area (Å²) in [5.41, 5.74) is -0.900. The van der Waals surface area contributed by atoms with E-state index >= 15 is 0 Å². The van der Waals surface area contributed by atoms with E-state index in [2.05, 4.69) is 10.2 Å². The zero-order chi connectivity index (χ0) is 19.4. The molecule has 0 saturated carbocycles. The van der Waals surface area contributed by atoms with Gasteiger partial charge in [-0.2, -0.15) is 13.2 Å². The molecule has 0 aliphatic carbocycles. The Morgan fingerprint density at radius 3 is 2.46 bits per heavy atom. The lowest BCUT2D eigenvalue weighted by atomic mass is 10.0. The highest BCUT2D eigenvalue weighted by molar-refractivity contribution is 5.74. The predicted octanol–water partition coefficient (Wildman–Crippen LogP) is 2.96. The molecule has 1 fully saturated rings. The van der Waals surface area contributed by atoms with Crippen molar-refractivity contribution in [1.29, 1.82) is 0 Å². The maximum Gasteiger partial charge on any atom is 0.416 e. The largest absolute Gasteiger partial charge is 0.416 e. The number of hydrogen-bond donors (Lipinski definition) is 1. The summed E-state index contributed by atoms with van der Waals surface area (Å²) in [4.78, 5) is 15.8. The van der Waals surface area contributed by atoms with Crippen molar-refractivity contribution >= 4 is 6.03 Å². The van der Waals surface area contributed by atoms with Crippen molar-refractivity contribution < 1.29 is 22.7 Å². The SMILES string of the molecule is CN(Cc1ccccc1C(F)(F)F)C(=O)NCC(C)(C)N1CCOCC1. The van der Waals surface area contributed by atoms with Crippen molar-refractivity contribution in [2.45, 2.75) is 32.1 Å². The van der Waals surface area contributed by atoms with Gasteiger partial charge in [-0.15, -0.1) is 0 Å². The van der Waals surface area contributed by atoms with Crippen molar-refractivity contribution in [3.63, 3.8) is 0 Å². The summed E-state index contributed by atoms with van der Waals surface area (Å²) in [6, 6.07) is 4.91. The molecular weight excluding hydrogens is 347 g/mol. The number of carbonyl (C=O) groups excluding carboxylic acids is 1. The fraction of sp³-hybridized carbons (Fsp3) is 0.611. The average Bonchev–Trinajstić information content (AvgIpc) is 2.60. The lowest BCUT2D eigenvalue weighted by molar-refractivity contribution is -0.138. The predicted molar refractivity (Wildman–Crippen MR) is 92.8 cm³/mol. The number of morpholine rings is 1. The van der Waals surface area contributed by atoms with E-state index < -0.39 is 17.8 Å². The molecule has 0 aromatic heterocycles. The van der Waals surface area contributed by atoms with Gasteiger partial charge in [0.05, 0.1) is 18.8 Å². The molecule has 1 aliphatic rings. The molecule has 1 aliphatic heterocycles. The Bertz CT molecular complexity index is 614. The van der Waals surface area contributed by atoms with Crippen LogP contribution >= 0.6 is 0 Å². The molecule has 146 valence electrons. The van der Waals surface area contributed by atoms with Crippen LogP contribution in [0.25, 0.3) is 0 Å². The van der Waals surface area contributed by atoms with Crippen LogP contribution in [0, 0.1) is 0 Å². The lowest BCUT2D eigenvalue weighted by Crippen LogP contribution is -2.56. The Balaban J connectivity index is 1.94.